The number of nitrogens with zero attached hydrogens (tertiary/aromatic N) is 2. The van der Waals surface area contributed by atoms with Gasteiger partial charge >= 0.3 is 6.61 Å². The third kappa shape index (κ3) is 5.95. The van der Waals surface area contributed by atoms with Crippen LogP contribution in [0.4, 0.5) is 17.6 Å². The van der Waals surface area contributed by atoms with E-state index in [1.54, 1.807) is 38.1 Å². The summed E-state index contributed by atoms with van der Waals surface area (Å²) in [5, 5.41) is 0. The van der Waals surface area contributed by atoms with E-state index in [4.69, 9.17) is 0 Å². The van der Waals surface area contributed by atoms with Gasteiger partial charge in [-0.05, 0) is 49.9 Å². The van der Waals surface area contributed by atoms with Crippen LogP contribution in [0.15, 0.2) is 42.5 Å². The highest BCUT2D eigenvalue weighted by Gasteiger charge is 2.20. The Kier molecular flexibility index (Phi) is 7.39. The fraction of sp³-hybridized carbons (Fsp3) is 0.350. The Labute approximate surface area is 161 Å². The van der Waals surface area contributed by atoms with Gasteiger partial charge in [-0.3, -0.25) is 9.69 Å². The molecule has 1 unspecified atom stereocenters. The lowest BCUT2D eigenvalue weighted by atomic mass is 10.1. The quantitative estimate of drug-likeness (QED) is 0.625. The molecule has 1 atom stereocenters. The standard InChI is InChI=1S/C20H22F4N2O2/c1-13(17-10-15(21)6-9-18(17)22)25(2)12-19(27)26(3)11-14-4-7-16(8-5-14)28-20(23)24/h4-10,13,20H,11-12H2,1-3H3. The number of benzene rings is 2. The minimum absolute atomic E-state index is 0.000196. The van der Waals surface area contributed by atoms with Gasteiger partial charge in [-0.15, -0.1) is 0 Å². The minimum Gasteiger partial charge on any atom is -0.435 e. The molecule has 0 heterocycles. The van der Waals surface area contributed by atoms with Crippen molar-refractivity contribution in [2.24, 2.45) is 0 Å². The molecule has 2 rings (SSSR count). The van der Waals surface area contributed by atoms with E-state index in [0.717, 1.165) is 23.8 Å². The smallest absolute Gasteiger partial charge is 0.387 e. The molecule has 0 saturated carbocycles. The largest absolute Gasteiger partial charge is 0.435 e. The zero-order valence-corrected chi connectivity index (χ0v) is 15.8. The first-order chi connectivity index (χ1) is 13.2. The maximum atomic E-state index is 13.9. The van der Waals surface area contributed by atoms with Gasteiger partial charge in [-0.1, -0.05) is 12.1 Å². The van der Waals surface area contributed by atoms with Gasteiger partial charge in [0.2, 0.25) is 5.91 Å². The second-order valence-electron chi connectivity index (χ2n) is 6.53. The first-order valence-corrected chi connectivity index (χ1v) is 8.60. The Morgan fingerprint density at radius 1 is 1.07 bits per heavy atom. The molecule has 2 aromatic carbocycles. The number of carbonyl (C=O) groups is 1. The summed E-state index contributed by atoms with van der Waals surface area (Å²) in [6.45, 7) is -0.937. The van der Waals surface area contributed by atoms with Gasteiger partial charge < -0.3 is 9.64 Å². The summed E-state index contributed by atoms with van der Waals surface area (Å²) in [5.41, 5.74) is 0.914. The number of carbonyl (C=O) groups excluding carboxylic acids is 1. The average molecular weight is 398 g/mol. The first-order valence-electron chi connectivity index (χ1n) is 8.60. The van der Waals surface area contributed by atoms with Crippen molar-refractivity contribution in [3.8, 4) is 5.75 Å². The number of ether oxygens (including phenoxy) is 1. The van der Waals surface area contributed by atoms with Crippen molar-refractivity contribution in [3.63, 3.8) is 0 Å². The molecule has 28 heavy (non-hydrogen) atoms. The number of hydrogen-bond acceptors (Lipinski definition) is 3. The maximum Gasteiger partial charge on any atom is 0.387 e. The number of amides is 1. The fourth-order valence-corrected chi connectivity index (χ4v) is 2.68. The summed E-state index contributed by atoms with van der Waals surface area (Å²) < 4.78 is 55.9. The summed E-state index contributed by atoms with van der Waals surface area (Å²) in [5.74, 6) is -1.26. The lowest BCUT2D eigenvalue weighted by Crippen LogP contribution is -2.37. The molecule has 0 aliphatic carbocycles. The van der Waals surface area contributed by atoms with E-state index in [2.05, 4.69) is 4.74 Å². The van der Waals surface area contributed by atoms with E-state index in [0.29, 0.717) is 0 Å². The van der Waals surface area contributed by atoms with Gasteiger partial charge in [0.05, 0.1) is 6.54 Å². The molecule has 0 saturated heterocycles. The Hall–Kier alpha value is -2.61. The van der Waals surface area contributed by atoms with Gasteiger partial charge in [0.25, 0.3) is 0 Å². The monoisotopic (exact) mass is 398 g/mol. The van der Waals surface area contributed by atoms with E-state index >= 15 is 0 Å². The summed E-state index contributed by atoms with van der Waals surface area (Å²) >= 11 is 0. The van der Waals surface area contributed by atoms with Gasteiger partial charge in [0, 0.05) is 25.2 Å². The van der Waals surface area contributed by atoms with Crippen molar-refractivity contribution in [1.82, 2.24) is 9.80 Å². The normalized spacial score (nSPS) is 12.3. The Morgan fingerprint density at radius 3 is 2.32 bits per heavy atom. The highest BCUT2D eigenvalue weighted by atomic mass is 19.3. The number of halogens is 4. The zero-order chi connectivity index (χ0) is 20.8. The molecule has 0 aromatic heterocycles. The first kappa shape index (κ1) is 21.7. The Balaban J connectivity index is 1.94. The molecule has 0 fully saturated rings. The molecule has 0 aliphatic heterocycles. The van der Waals surface area contributed by atoms with E-state index < -0.39 is 24.3 Å². The Bertz CT molecular complexity index is 799. The fourth-order valence-electron chi connectivity index (χ4n) is 2.68. The molecule has 152 valence electrons. The molecule has 2 aromatic rings. The average Bonchev–Trinajstić information content (AvgIpc) is 2.64. The molecule has 1 amide bonds. The zero-order valence-electron chi connectivity index (χ0n) is 15.8. The lowest BCUT2D eigenvalue weighted by molar-refractivity contribution is -0.131. The lowest BCUT2D eigenvalue weighted by Gasteiger charge is -2.27. The Morgan fingerprint density at radius 2 is 1.71 bits per heavy atom. The molecule has 0 bridgehead atoms. The van der Waals surface area contributed by atoms with Crippen molar-refractivity contribution < 1.29 is 27.1 Å². The third-order valence-corrected chi connectivity index (χ3v) is 4.45. The molecule has 0 radical (unpaired) electrons. The number of alkyl halides is 2. The van der Waals surface area contributed by atoms with Crippen molar-refractivity contribution in [3.05, 3.63) is 65.2 Å². The van der Waals surface area contributed by atoms with Crippen LogP contribution < -0.4 is 4.74 Å². The van der Waals surface area contributed by atoms with Gasteiger partial charge in [0.1, 0.15) is 17.4 Å². The second kappa shape index (κ2) is 9.54. The highest BCUT2D eigenvalue weighted by molar-refractivity contribution is 5.78. The molecule has 0 N–H and O–H groups in total. The van der Waals surface area contributed by atoms with Crippen LogP contribution in [-0.2, 0) is 11.3 Å². The van der Waals surface area contributed by atoms with E-state index in [-0.39, 0.29) is 30.3 Å². The number of rotatable bonds is 8. The number of hydrogen-bond donors (Lipinski definition) is 0. The van der Waals surface area contributed by atoms with Crippen molar-refractivity contribution in [2.75, 3.05) is 20.6 Å². The van der Waals surface area contributed by atoms with Gasteiger partial charge in [-0.25, -0.2) is 8.78 Å². The molecular weight excluding hydrogens is 376 g/mol. The van der Waals surface area contributed by atoms with Crippen molar-refractivity contribution in [1.29, 1.82) is 0 Å². The molecule has 0 spiro atoms. The molecule has 8 heteroatoms. The van der Waals surface area contributed by atoms with Crippen LogP contribution >= 0.6 is 0 Å². The highest BCUT2D eigenvalue weighted by Crippen LogP contribution is 2.23. The van der Waals surface area contributed by atoms with Crippen molar-refractivity contribution >= 4 is 5.91 Å². The summed E-state index contributed by atoms with van der Waals surface area (Å²) in [7, 11) is 3.25. The van der Waals surface area contributed by atoms with Crippen LogP contribution in [0.2, 0.25) is 0 Å². The predicted molar refractivity (Wildman–Crippen MR) is 97.0 cm³/mol. The van der Waals surface area contributed by atoms with E-state index in [1.807, 2.05) is 0 Å². The molecule has 0 aliphatic rings. The summed E-state index contributed by atoms with van der Waals surface area (Å²) in [4.78, 5) is 15.5. The second-order valence-corrected chi connectivity index (χ2v) is 6.53. The van der Waals surface area contributed by atoms with Crippen LogP contribution in [0.25, 0.3) is 0 Å². The topological polar surface area (TPSA) is 32.8 Å². The van der Waals surface area contributed by atoms with Gasteiger partial charge in [0.15, 0.2) is 0 Å². The molecule has 4 nitrogen and oxygen atoms in total. The number of likely N-dealkylation sites (N-methyl/N-ethyl adjacent to an activating group) is 2. The SMILES string of the molecule is CC(c1cc(F)ccc1F)N(C)CC(=O)N(C)Cc1ccc(OC(F)F)cc1. The molecular formula is C20H22F4N2O2. The van der Waals surface area contributed by atoms with Crippen LogP contribution in [0, 0.1) is 11.6 Å². The minimum atomic E-state index is -2.89. The van der Waals surface area contributed by atoms with Crippen LogP contribution in [-0.4, -0.2) is 43.0 Å². The van der Waals surface area contributed by atoms with Crippen LogP contribution in [0.5, 0.6) is 5.75 Å². The summed E-state index contributed by atoms with van der Waals surface area (Å²) in [6.07, 6.45) is 0. The summed E-state index contributed by atoms with van der Waals surface area (Å²) in [6, 6.07) is 8.71. The third-order valence-electron chi connectivity index (χ3n) is 4.45. The van der Waals surface area contributed by atoms with Crippen LogP contribution in [0.3, 0.4) is 0 Å². The van der Waals surface area contributed by atoms with Crippen molar-refractivity contribution in [2.45, 2.75) is 26.1 Å². The van der Waals surface area contributed by atoms with Gasteiger partial charge in [-0.2, -0.15) is 8.78 Å². The van der Waals surface area contributed by atoms with E-state index in [9.17, 15) is 22.4 Å². The van der Waals surface area contributed by atoms with Crippen LogP contribution in [0.1, 0.15) is 24.1 Å². The predicted octanol–water partition coefficient (Wildman–Crippen LogP) is 4.22. The van der Waals surface area contributed by atoms with E-state index in [1.165, 1.54) is 17.0 Å². The maximum absolute atomic E-state index is 13.9.